The highest BCUT2D eigenvalue weighted by Gasteiger charge is 2.08. The van der Waals surface area contributed by atoms with Gasteiger partial charge in [0.05, 0.1) is 0 Å². The van der Waals surface area contributed by atoms with E-state index in [1.54, 1.807) is 27.2 Å². The molecule has 0 saturated heterocycles. The molecule has 11 heavy (non-hydrogen) atoms. The predicted molar refractivity (Wildman–Crippen MR) is 41.5 cm³/mol. The Morgan fingerprint density at radius 2 is 2.27 bits per heavy atom. The second kappa shape index (κ2) is 4.56. The van der Waals surface area contributed by atoms with Crippen LogP contribution in [-0.4, -0.2) is 30.9 Å². The van der Waals surface area contributed by atoms with Crippen LogP contribution in [0.25, 0.3) is 0 Å². The zero-order valence-electron chi connectivity index (χ0n) is 7.09. The van der Waals surface area contributed by atoms with E-state index in [-0.39, 0.29) is 11.9 Å². The first-order valence-corrected chi connectivity index (χ1v) is 3.42. The maximum atomic E-state index is 11.0. The van der Waals surface area contributed by atoms with E-state index in [0.717, 1.165) is 0 Å². The first-order valence-electron chi connectivity index (χ1n) is 3.42. The summed E-state index contributed by atoms with van der Waals surface area (Å²) in [7, 11) is 3.39. The number of carbonyl (C=O) groups excluding carboxylic acids is 1. The maximum Gasteiger partial charge on any atom is 0.224 e. The summed E-state index contributed by atoms with van der Waals surface area (Å²) >= 11 is 0. The molecule has 0 bridgehead atoms. The van der Waals surface area contributed by atoms with Crippen molar-refractivity contribution >= 4 is 5.91 Å². The van der Waals surface area contributed by atoms with Crippen molar-refractivity contribution in [2.75, 3.05) is 14.1 Å². The minimum Gasteiger partial charge on any atom is -0.349 e. The van der Waals surface area contributed by atoms with Crippen LogP contribution in [-0.2, 0) is 4.79 Å². The summed E-state index contributed by atoms with van der Waals surface area (Å²) in [6, 6.07) is -0.0742. The number of carbonyl (C=O) groups is 1. The summed E-state index contributed by atoms with van der Waals surface area (Å²) in [5.74, 6) is 0.0280. The molecule has 1 atom stereocenters. The second-order valence-electron chi connectivity index (χ2n) is 2.65. The van der Waals surface area contributed by atoms with Gasteiger partial charge >= 0.3 is 0 Å². The Kier molecular flexibility index (Phi) is 4.04. The van der Waals surface area contributed by atoms with Crippen molar-refractivity contribution in [2.24, 2.45) is 0 Å². The molecule has 0 fully saturated rings. The van der Waals surface area contributed by atoms with Crippen molar-refractivity contribution in [3.05, 3.63) is 0 Å². The second-order valence-corrected chi connectivity index (χ2v) is 2.65. The molecule has 0 spiro atoms. The first kappa shape index (κ1) is 9.76. The van der Waals surface area contributed by atoms with E-state index in [4.69, 9.17) is 5.26 Å². The van der Waals surface area contributed by atoms with Gasteiger partial charge in [-0.1, -0.05) is 0 Å². The van der Waals surface area contributed by atoms with Gasteiger partial charge in [0.15, 0.2) is 6.19 Å². The normalized spacial score (nSPS) is 11.5. The van der Waals surface area contributed by atoms with Gasteiger partial charge in [-0.2, -0.15) is 5.26 Å². The van der Waals surface area contributed by atoms with Gasteiger partial charge in [-0.15, -0.1) is 0 Å². The van der Waals surface area contributed by atoms with Gasteiger partial charge in [0.25, 0.3) is 0 Å². The van der Waals surface area contributed by atoms with Crippen LogP contribution in [0.3, 0.4) is 0 Å². The number of hydrogen-bond acceptors (Lipinski definition) is 3. The molecule has 0 aromatic heterocycles. The summed E-state index contributed by atoms with van der Waals surface area (Å²) in [6.45, 7) is 1.80. The third kappa shape index (κ3) is 4.20. The van der Waals surface area contributed by atoms with E-state index in [0.29, 0.717) is 6.42 Å². The molecule has 0 aromatic rings. The Balaban J connectivity index is 3.68. The first-order chi connectivity index (χ1) is 5.07. The number of amides is 1. The Labute approximate surface area is 66.8 Å². The molecular formula is C7H13N3O. The average Bonchev–Trinajstić information content (AvgIpc) is 1.87. The van der Waals surface area contributed by atoms with E-state index in [1.807, 2.05) is 0 Å². The van der Waals surface area contributed by atoms with Crippen molar-refractivity contribution in [2.45, 2.75) is 19.4 Å². The van der Waals surface area contributed by atoms with Crippen LogP contribution >= 0.6 is 0 Å². The Bertz CT molecular complexity index is 171. The minimum atomic E-state index is -0.0742. The molecule has 0 heterocycles. The van der Waals surface area contributed by atoms with Crippen LogP contribution in [0.5, 0.6) is 0 Å². The molecule has 0 aliphatic rings. The SMILES string of the molecule is CC(CC(=O)N(C)C)NC#N. The zero-order chi connectivity index (χ0) is 8.85. The minimum absolute atomic E-state index is 0.0280. The molecule has 4 nitrogen and oxygen atoms in total. The highest BCUT2D eigenvalue weighted by Crippen LogP contribution is 1.92. The summed E-state index contributed by atoms with van der Waals surface area (Å²) in [6.07, 6.45) is 2.15. The van der Waals surface area contributed by atoms with Gasteiger partial charge < -0.3 is 10.2 Å². The molecule has 4 heteroatoms. The van der Waals surface area contributed by atoms with Gasteiger partial charge in [-0.3, -0.25) is 4.79 Å². The molecular weight excluding hydrogens is 142 g/mol. The average molecular weight is 155 g/mol. The fourth-order valence-corrected chi connectivity index (χ4v) is 0.606. The van der Waals surface area contributed by atoms with Crippen molar-refractivity contribution in [3.63, 3.8) is 0 Å². The van der Waals surface area contributed by atoms with Gasteiger partial charge in [0.1, 0.15) is 0 Å². The third-order valence-electron chi connectivity index (χ3n) is 1.29. The molecule has 1 amide bonds. The summed E-state index contributed by atoms with van der Waals surface area (Å²) < 4.78 is 0. The van der Waals surface area contributed by atoms with Gasteiger partial charge in [0, 0.05) is 26.6 Å². The molecule has 1 N–H and O–H groups in total. The summed E-state index contributed by atoms with van der Waals surface area (Å²) in [4.78, 5) is 12.5. The van der Waals surface area contributed by atoms with Crippen LogP contribution < -0.4 is 5.32 Å². The summed E-state index contributed by atoms with van der Waals surface area (Å²) in [5, 5.41) is 10.7. The standard InChI is InChI=1S/C7H13N3O/c1-6(9-5-8)4-7(11)10(2)3/h6,9H,4H2,1-3H3. The van der Waals surface area contributed by atoms with Crippen LogP contribution in [0, 0.1) is 11.5 Å². The van der Waals surface area contributed by atoms with Crippen molar-refractivity contribution in [3.8, 4) is 6.19 Å². The lowest BCUT2D eigenvalue weighted by Gasteiger charge is -2.13. The Morgan fingerprint density at radius 1 is 1.73 bits per heavy atom. The topological polar surface area (TPSA) is 56.1 Å². The van der Waals surface area contributed by atoms with E-state index in [1.165, 1.54) is 4.90 Å². The van der Waals surface area contributed by atoms with E-state index >= 15 is 0 Å². The van der Waals surface area contributed by atoms with Crippen LogP contribution in [0.2, 0.25) is 0 Å². The van der Waals surface area contributed by atoms with E-state index in [2.05, 4.69) is 5.32 Å². The fraction of sp³-hybridized carbons (Fsp3) is 0.714. The number of rotatable bonds is 3. The number of nitrogens with one attached hydrogen (secondary N) is 1. The Hall–Kier alpha value is -1.24. The number of nitrogens with zero attached hydrogens (tertiary/aromatic N) is 2. The summed E-state index contributed by atoms with van der Waals surface area (Å²) in [5.41, 5.74) is 0. The van der Waals surface area contributed by atoms with Crippen molar-refractivity contribution in [1.82, 2.24) is 10.2 Å². The van der Waals surface area contributed by atoms with Gasteiger partial charge in [-0.05, 0) is 6.92 Å². The Morgan fingerprint density at radius 3 is 2.64 bits per heavy atom. The quantitative estimate of drug-likeness (QED) is 0.458. The van der Waals surface area contributed by atoms with Gasteiger partial charge in [0.2, 0.25) is 5.91 Å². The van der Waals surface area contributed by atoms with Crippen LogP contribution in [0.1, 0.15) is 13.3 Å². The largest absolute Gasteiger partial charge is 0.349 e. The number of hydrogen-bond donors (Lipinski definition) is 1. The highest BCUT2D eigenvalue weighted by atomic mass is 16.2. The highest BCUT2D eigenvalue weighted by molar-refractivity contribution is 5.76. The lowest BCUT2D eigenvalue weighted by Crippen LogP contribution is -2.30. The maximum absolute atomic E-state index is 11.0. The smallest absolute Gasteiger partial charge is 0.224 e. The number of nitriles is 1. The molecule has 0 saturated carbocycles. The van der Waals surface area contributed by atoms with E-state index < -0.39 is 0 Å². The predicted octanol–water partition coefficient (Wildman–Crippen LogP) is -0.0761. The molecule has 62 valence electrons. The fourth-order valence-electron chi connectivity index (χ4n) is 0.606. The van der Waals surface area contributed by atoms with Crippen molar-refractivity contribution < 1.29 is 4.79 Å². The van der Waals surface area contributed by atoms with E-state index in [9.17, 15) is 4.79 Å². The van der Waals surface area contributed by atoms with Gasteiger partial charge in [-0.25, -0.2) is 0 Å². The molecule has 0 aromatic carbocycles. The molecule has 0 aliphatic carbocycles. The zero-order valence-corrected chi connectivity index (χ0v) is 7.09. The lowest BCUT2D eigenvalue weighted by molar-refractivity contribution is -0.129. The molecule has 0 rings (SSSR count). The molecule has 1 unspecified atom stereocenters. The molecule has 0 radical (unpaired) electrons. The van der Waals surface area contributed by atoms with Crippen molar-refractivity contribution in [1.29, 1.82) is 5.26 Å². The monoisotopic (exact) mass is 155 g/mol. The lowest BCUT2D eigenvalue weighted by atomic mass is 10.2. The van der Waals surface area contributed by atoms with Crippen LogP contribution in [0.15, 0.2) is 0 Å². The van der Waals surface area contributed by atoms with Crippen LogP contribution in [0.4, 0.5) is 0 Å². The molecule has 0 aliphatic heterocycles. The third-order valence-corrected chi connectivity index (χ3v) is 1.29.